The number of fused-ring (bicyclic) bond motifs is 6. The van der Waals surface area contributed by atoms with Crippen molar-refractivity contribution in [1.29, 1.82) is 0 Å². The highest BCUT2D eigenvalue weighted by Crippen LogP contribution is 2.42. The van der Waals surface area contributed by atoms with Crippen LogP contribution in [0.2, 0.25) is 0 Å². The molecule has 0 unspecified atom stereocenters. The maximum Gasteiger partial charge on any atom is 0.0562 e. The third-order valence-electron chi connectivity index (χ3n) is 12.9. The topological polar surface area (TPSA) is 13.1 Å². The fourth-order valence-electron chi connectivity index (χ4n) is 9.82. The first-order valence-corrected chi connectivity index (χ1v) is 22.0. The number of anilines is 3. The molecule has 12 rings (SSSR count). The van der Waals surface area contributed by atoms with Crippen molar-refractivity contribution in [3.8, 4) is 44.8 Å². The summed E-state index contributed by atoms with van der Waals surface area (Å²) in [5.41, 5.74) is 18.8. The van der Waals surface area contributed by atoms with E-state index in [2.05, 4.69) is 264 Å². The molecule has 0 aliphatic heterocycles. The highest BCUT2D eigenvalue weighted by molar-refractivity contribution is 6.11. The van der Waals surface area contributed by atoms with Gasteiger partial charge < -0.3 is 14.0 Å². The monoisotopic (exact) mass is 817 g/mol. The lowest BCUT2D eigenvalue weighted by Crippen LogP contribution is -2.10. The third-order valence-corrected chi connectivity index (χ3v) is 12.9. The number of aromatic nitrogens is 2. The van der Waals surface area contributed by atoms with E-state index in [1.807, 2.05) is 0 Å². The molecule has 0 radical (unpaired) electrons. The second kappa shape index (κ2) is 15.5. The fraction of sp³-hybridized carbons (Fsp3) is 0.0164. The molecule has 10 aromatic carbocycles. The number of rotatable bonds is 8. The smallest absolute Gasteiger partial charge is 0.0562 e. The molecule has 0 amide bonds. The minimum Gasteiger partial charge on any atom is -0.310 e. The lowest BCUT2D eigenvalue weighted by atomic mass is 9.99. The lowest BCUT2D eigenvalue weighted by molar-refractivity contribution is 1.18. The summed E-state index contributed by atoms with van der Waals surface area (Å²) in [5, 5.41) is 4.99. The normalized spacial score (nSPS) is 11.5. The molecule has 0 bridgehead atoms. The van der Waals surface area contributed by atoms with E-state index < -0.39 is 0 Å². The van der Waals surface area contributed by atoms with E-state index in [0.29, 0.717) is 0 Å². The molecule has 302 valence electrons. The van der Waals surface area contributed by atoms with Crippen LogP contribution >= 0.6 is 0 Å². The van der Waals surface area contributed by atoms with Crippen molar-refractivity contribution >= 4 is 60.7 Å². The maximum absolute atomic E-state index is 2.46. The van der Waals surface area contributed by atoms with Gasteiger partial charge in [-0.3, -0.25) is 0 Å². The second-order valence-corrected chi connectivity index (χ2v) is 16.6. The molecular formula is C61H43N3. The predicted octanol–water partition coefficient (Wildman–Crippen LogP) is 16.7. The van der Waals surface area contributed by atoms with E-state index in [0.717, 1.165) is 34.0 Å². The standard InChI is InChI=1S/C61H43N3/c1-42-15-5-6-18-51(42)52-19-7-13-25-59(52)64-60-26-14-10-22-55(60)56-40-39-50(41-61(56)64)62(47-33-27-44(28-34-47)43-16-3-2-4-17-43)48-35-29-45(30-36-48)46-31-37-49(38-32-46)63-57-23-11-8-20-53(57)54-21-9-12-24-58(54)63/h2-41H,1H3. The van der Waals surface area contributed by atoms with Gasteiger partial charge in [-0.2, -0.15) is 0 Å². The van der Waals surface area contributed by atoms with Crippen LogP contribution in [-0.4, -0.2) is 9.13 Å². The minimum absolute atomic E-state index is 1.08. The Kier molecular flexibility index (Phi) is 9.05. The van der Waals surface area contributed by atoms with Crippen LogP contribution < -0.4 is 4.90 Å². The van der Waals surface area contributed by atoms with Gasteiger partial charge in [0.25, 0.3) is 0 Å². The number of benzene rings is 10. The molecule has 0 aliphatic rings. The van der Waals surface area contributed by atoms with Gasteiger partial charge in [-0.15, -0.1) is 0 Å². The number of nitrogens with zero attached hydrogens (tertiary/aromatic N) is 3. The molecule has 0 fully saturated rings. The summed E-state index contributed by atoms with van der Waals surface area (Å²) in [5.74, 6) is 0. The largest absolute Gasteiger partial charge is 0.310 e. The van der Waals surface area contributed by atoms with Crippen molar-refractivity contribution in [3.63, 3.8) is 0 Å². The predicted molar refractivity (Wildman–Crippen MR) is 271 cm³/mol. The van der Waals surface area contributed by atoms with Gasteiger partial charge in [-0.1, -0.05) is 170 Å². The Balaban J connectivity index is 0.976. The van der Waals surface area contributed by atoms with E-state index in [1.54, 1.807) is 0 Å². The van der Waals surface area contributed by atoms with Crippen LogP contribution in [0.25, 0.3) is 88.4 Å². The molecule has 0 saturated carbocycles. The van der Waals surface area contributed by atoms with Gasteiger partial charge in [0.15, 0.2) is 0 Å². The molecule has 12 aromatic rings. The van der Waals surface area contributed by atoms with E-state index >= 15 is 0 Å². The molecule has 0 aliphatic carbocycles. The van der Waals surface area contributed by atoms with E-state index in [9.17, 15) is 0 Å². The summed E-state index contributed by atoms with van der Waals surface area (Å²) in [6.45, 7) is 2.20. The Morgan fingerprint density at radius 2 is 0.719 bits per heavy atom. The van der Waals surface area contributed by atoms with Crippen molar-refractivity contribution < 1.29 is 0 Å². The van der Waals surface area contributed by atoms with Crippen molar-refractivity contribution in [1.82, 2.24) is 9.13 Å². The Labute approximate surface area is 373 Å². The van der Waals surface area contributed by atoms with Crippen molar-refractivity contribution in [3.05, 3.63) is 248 Å². The average Bonchev–Trinajstić information content (AvgIpc) is 3.88. The van der Waals surface area contributed by atoms with Crippen molar-refractivity contribution in [2.24, 2.45) is 0 Å². The summed E-state index contributed by atoms with van der Waals surface area (Å²) in [7, 11) is 0. The lowest BCUT2D eigenvalue weighted by Gasteiger charge is -2.26. The Morgan fingerprint density at radius 1 is 0.297 bits per heavy atom. The summed E-state index contributed by atoms with van der Waals surface area (Å²) < 4.78 is 4.83. The van der Waals surface area contributed by atoms with Crippen molar-refractivity contribution in [2.45, 2.75) is 6.92 Å². The molecule has 3 heteroatoms. The number of aryl methyl sites for hydroxylation is 1. The number of hydrogen-bond donors (Lipinski definition) is 0. The summed E-state index contributed by atoms with van der Waals surface area (Å²) in [4.78, 5) is 2.39. The van der Waals surface area contributed by atoms with Crippen LogP contribution in [0, 0.1) is 6.92 Å². The van der Waals surface area contributed by atoms with E-state index in [1.165, 1.54) is 77.0 Å². The van der Waals surface area contributed by atoms with Crippen LogP contribution in [-0.2, 0) is 0 Å². The molecule has 0 saturated heterocycles. The van der Waals surface area contributed by atoms with Crippen molar-refractivity contribution in [2.75, 3.05) is 4.90 Å². The van der Waals surface area contributed by atoms with Gasteiger partial charge in [-0.25, -0.2) is 0 Å². The maximum atomic E-state index is 2.46. The van der Waals surface area contributed by atoms with Crippen LogP contribution in [0.5, 0.6) is 0 Å². The van der Waals surface area contributed by atoms with Gasteiger partial charge in [0, 0.05) is 49.9 Å². The minimum atomic E-state index is 1.08. The molecule has 2 heterocycles. The van der Waals surface area contributed by atoms with Gasteiger partial charge in [0.05, 0.1) is 27.8 Å². The summed E-state index contributed by atoms with van der Waals surface area (Å²) in [6.07, 6.45) is 0. The van der Waals surface area contributed by atoms with E-state index in [4.69, 9.17) is 0 Å². The Bertz CT molecular complexity index is 3600. The van der Waals surface area contributed by atoms with Gasteiger partial charge >= 0.3 is 0 Å². The zero-order chi connectivity index (χ0) is 42.6. The number of para-hydroxylation sites is 4. The van der Waals surface area contributed by atoms with Gasteiger partial charge in [0.2, 0.25) is 0 Å². The highest BCUT2D eigenvalue weighted by atomic mass is 15.1. The SMILES string of the molecule is Cc1ccccc1-c1ccccc1-n1c2ccccc2c2ccc(N(c3ccc(-c4ccccc4)cc3)c3ccc(-c4ccc(-n5c6ccccc6c6ccccc65)cc4)cc3)cc21. The fourth-order valence-corrected chi connectivity index (χ4v) is 9.82. The molecule has 0 N–H and O–H groups in total. The first-order chi connectivity index (χ1) is 31.7. The van der Waals surface area contributed by atoms with Crippen LogP contribution in [0.15, 0.2) is 243 Å². The zero-order valence-electron chi connectivity index (χ0n) is 35.4. The third kappa shape index (κ3) is 6.29. The number of hydrogen-bond acceptors (Lipinski definition) is 1. The van der Waals surface area contributed by atoms with Gasteiger partial charge in [-0.05, 0) is 113 Å². The van der Waals surface area contributed by atoms with E-state index in [-0.39, 0.29) is 0 Å². The molecule has 3 nitrogen and oxygen atoms in total. The van der Waals surface area contributed by atoms with Crippen LogP contribution in [0.4, 0.5) is 17.1 Å². The average molecular weight is 818 g/mol. The van der Waals surface area contributed by atoms with Crippen LogP contribution in [0.1, 0.15) is 5.56 Å². The first-order valence-electron chi connectivity index (χ1n) is 22.0. The molecule has 2 aromatic heterocycles. The first kappa shape index (κ1) is 37.4. The van der Waals surface area contributed by atoms with Crippen LogP contribution in [0.3, 0.4) is 0 Å². The molecule has 0 spiro atoms. The molecule has 64 heavy (non-hydrogen) atoms. The zero-order valence-corrected chi connectivity index (χ0v) is 35.4. The molecular weight excluding hydrogens is 775 g/mol. The summed E-state index contributed by atoms with van der Waals surface area (Å²) in [6, 6.07) is 88.2. The van der Waals surface area contributed by atoms with Gasteiger partial charge in [0.1, 0.15) is 0 Å². The second-order valence-electron chi connectivity index (χ2n) is 16.6. The highest BCUT2D eigenvalue weighted by Gasteiger charge is 2.20. The Morgan fingerprint density at radius 3 is 1.30 bits per heavy atom. The molecule has 0 atom stereocenters. The quantitative estimate of drug-likeness (QED) is 0.149. The summed E-state index contributed by atoms with van der Waals surface area (Å²) >= 11 is 0. The Hall–Kier alpha value is -8.40.